The predicted octanol–water partition coefficient (Wildman–Crippen LogP) is 4.40. The van der Waals surface area contributed by atoms with Crippen LogP contribution in [0.15, 0.2) is 24.3 Å². The van der Waals surface area contributed by atoms with Gasteiger partial charge in [0.05, 0.1) is 0 Å². The highest BCUT2D eigenvalue weighted by molar-refractivity contribution is 5.94. The van der Waals surface area contributed by atoms with Crippen LogP contribution < -0.4 is 11.1 Å². The van der Waals surface area contributed by atoms with Gasteiger partial charge in [0.1, 0.15) is 0 Å². The van der Waals surface area contributed by atoms with E-state index in [4.69, 9.17) is 5.73 Å². The maximum absolute atomic E-state index is 12.8. The highest BCUT2D eigenvalue weighted by Crippen LogP contribution is 2.39. The Labute approximate surface area is 182 Å². The summed E-state index contributed by atoms with van der Waals surface area (Å²) in [5.74, 6) is 1.19. The van der Waals surface area contributed by atoms with Gasteiger partial charge in [-0.2, -0.15) is 0 Å². The second-order valence-corrected chi connectivity index (χ2v) is 8.54. The van der Waals surface area contributed by atoms with Crippen LogP contribution in [-0.4, -0.2) is 35.5 Å². The lowest BCUT2D eigenvalue weighted by Crippen LogP contribution is -2.53. The summed E-state index contributed by atoms with van der Waals surface area (Å²) < 4.78 is 0. The van der Waals surface area contributed by atoms with Gasteiger partial charge in [-0.1, -0.05) is 25.5 Å². The first kappa shape index (κ1) is 25.2. The van der Waals surface area contributed by atoms with Gasteiger partial charge >= 0.3 is 0 Å². The average molecular weight is 430 g/mol. The molecule has 0 spiro atoms. The summed E-state index contributed by atoms with van der Waals surface area (Å²) in [6, 6.07) is 9.30. The molecule has 4 nitrogen and oxygen atoms in total. The Bertz CT molecular complexity index is 594. The third-order valence-electron chi connectivity index (χ3n) is 6.41. The highest BCUT2D eigenvalue weighted by atomic mass is 35.5. The fraction of sp³-hybridized carbons (Fsp3) is 0.682. The number of amides is 1. The molecule has 1 aromatic rings. The van der Waals surface area contributed by atoms with E-state index in [2.05, 4.69) is 43.1 Å². The quantitative estimate of drug-likeness (QED) is 0.704. The van der Waals surface area contributed by atoms with Crippen LogP contribution in [-0.2, 0) is 6.54 Å². The fourth-order valence-corrected chi connectivity index (χ4v) is 4.92. The molecule has 2 unspecified atom stereocenters. The summed E-state index contributed by atoms with van der Waals surface area (Å²) in [4.78, 5) is 15.2. The number of nitrogens with two attached hydrogens (primary N) is 1. The van der Waals surface area contributed by atoms with Gasteiger partial charge in [-0.3, -0.25) is 9.69 Å². The van der Waals surface area contributed by atoms with Gasteiger partial charge in [0.25, 0.3) is 5.91 Å². The van der Waals surface area contributed by atoms with Crippen molar-refractivity contribution in [1.82, 2.24) is 10.2 Å². The molecule has 0 heterocycles. The third kappa shape index (κ3) is 6.09. The maximum Gasteiger partial charge on any atom is 0.251 e. The molecule has 2 aliphatic carbocycles. The molecule has 1 amide bonds. The van der Waals surface area contributed by atoms with Crippen molar-refractivity contribution < 1.29 is 4.79 Å². The molecular formula is C22H37Cl2N3O. The summed E-state index contributed by atoms with van der Waals surface area (Å²) in [6.45, 7) is 8.60. The highest BCUT2D eigenvalue weighted by Gasteiger charge is 2.39. The zero-order valence-electron chi connectivity index (χ0n) is 17.4. The van der Waals surface area contributed by atoms with Crippen molar-refractivity contribution >= 4 is 30.7 Å². The van der Waals surface area contributed by atoms with E-state index >= 15 is 0 Å². The molecule has 2 fully saturated rings. The molecule has 3 rings (SSSR count). The minimum atomic E-state index is 0. The monoisotopic (exact) mass is 429 g/mol. The van der Waals surface area contributed by atoms with Crippen LogP contribution in [0.5, 0.6) is 0 Å². The number of rotatable bonds is 6. The average Bonchev–Trinajstić information content (AvgIpc) is 2.60. The molecule has 0 aliphatic heterocycles. The SMILES string of the molecule is CCN(Cc1ccc(C(=O)NC2C3CCCC2CC(N)C3)cc1)C(C)C.Cl.Cl. The summed E-state index contributed by atoms with van der Waals surface area (Å²) in [6.07, 6.45) is 5.81. The Balaban J connectivity index is 0.00000196. The normalized spacial score (nSPS) is 26.4. The van der Waals surface area contributed by atoms with E-state index in [0.29, 0.717) is 30.0 Å². The van der Waals surface area contributed by atoms with E-state index in [0.717, 1.165) is 31.5 Å². The maximum atomic E-state index is 12.8. The smallest absolute Gasteiger partial charge is 0.251 e. The van der Waals surface area contributed by atoms with Crippen molar-refractivity contribution in [3.8, 4) is 0 Å². The number of carbonyl (C=O) groups is 1. The molecule has 6 heteroatoms. The molecule has 0 saturated heterocycles. The van der Waals surface area contributed by atoms with Gasteiger partial charge in [0.2, 0.25) is 0 Å². The summed E-state index contributed by atoms with van der Waals surface area (Å²) in [7, 11) is 0. The number of nitrogens with zero attached hydrogens (tertiary/aromatic N) is 1. The first-order valence-corrected chi connectivity index (χ1v) is 10.4. The Morgan fingerprint density at radius 2 is 1.71 bits per heavy atom. The van der Waals surface area contributed by atoms with Crippen LogP contribution in [0.3, 0.4) is 0 Å². The lowest BCUT2D eigenvalue weighted by molar-refractivity contribution is 0.0756. The fourth-order valence-electron chi connectivity index (χ4n) is 4.92. The molecule has 2 atom stereocenters. The number of halogens is 2. The van der Waals surface area contributed by atoms with E-state index in [1.165, 1.54) is 24.8 Å². The summed E-state index contributed by atoms with van der Waals surface area (Å²) in [5.41, 5.74) is 8.24. The van der Waals surface area contributed by atoms with Gasteiger partial charge in [-0.25, -0.2) is 0 Å². The Morgan fingerprint density at radius 3 is 2.21 bits per heavy atom. The molecule has 2 saturated carbocycles. The van der Waals surface area contributed by atoms with Crippen molar-refractivity contribution in [2.24, 2.45) is 17.6 Å². The molecule has 0 aromatic heterocycles. The summed E-state index contributed by atoms with van der Waals surface area (Å²) >= 11 is 0. The van der Waals surface area contributed by atoms with Gasteiger partial charge < -0.3 is 11.1 Å². The first-order valence-electron chi connectivity index (χ1n) is 10.4. The zero-order valence-corrected chi connectivity index (χ0v) is 19.0. The minimum Gasteiger partial charge on any atom is -0.349 e. The molecule has 3 N–H and O–H groups in total. The molecule has 28 heavy (non-hydrogen) atoms. The van der Waals surface area contributed by atoms with Crippen LogP contribution in [0, 0.1) is 11.8 Å². The zero-order chi connectivity index (χ0) is 18.7. The van der Waals surface area contributed by atoms with Crippen molar-refractivity contribution in [1.29, 1.82) is 0 Å². The van der Waals surface area contributed by atoms with Crippen LogP contribution in [0.2, 0.25) is 0 Å². The molecule has 2 aliphatic rings. The van der Waals surface area contributed by atoms with Gasteiger partial charge in [-0.05, 0) is 75.6 Å². The van der Waals surface area contributed by atoms with Crippen molar-refractivity contribution in [3.05, 3.63) is 35.4 Å². The largest absolute Gasteiger partial charge is 0.349 e. The number of hydrogen-bond donors (Lipinski definition) is 2. The molecule has 160 valence electrons. The third-order valence-corrected chi connectivity index (χ3v) is 6.41. The number of fused-ring (bicyclic) bond motifs is 2. The van der Waals surface area contributed by atoms with Crippen LogP contribution in [0.25, 0.3) is 0 Å². The van der Waals surface area contributed by atoms with E-state index in [1.807, 2.05) is 12.1 Å². The Morgan fingerprint density at radius 1 is 1.14 bits per heavy atom. The Hall–Kier alpha value is -0.810. The summed E-state index contributed by atoms with van der Waals surface area (Å²) in [5, 5.41) is 3.34. The van der Waals surface area contributed by atoms with Crippen molar-refractivity contribution in [2.45, 2.75) is 77.5 Å². The van der Waals surface area contributed by atoms with Crippen molar-refractivity contribution in [2.75, 3.05) is 6.54 Å². The predicted molar refractivity (Wildman–Crippen MR) is 121 cm³/mol. The molecule has 2 bridgehead atoms. The van der Waals surface area contributed by atoms with Crippen LogP contribution in [0.1, 0.15) is 68.8 Å². The van der Waals surface area contributed by atoms with E-state index < -0.39 is 0 Å². The lowest BCUT2D eigenvalue weighted by atomic mass is 9.67. The number of benzene rings is 1. The van der Waals surface area contributed by atoms with Gasteiger partial charge in [0.15, 0.2) is 0 Å². The Kier molecular flexibility index (Phi) is 10.3. The van der Waals surface area contributed by atoms with E-state index in [-0.39, 0.29) is 30.7 Å². The van der Waals surface area contributed by atoms with Gasteiger partial charge in [0, 0.05) is 30.2 Å². The van der Waals surface area contributed by atoms with Gasteiger partial charge in [-0.15, -0.1) is 24.8 Å². The molecule has 1 aromatic carbocycles. The number of nitrogens with one attached hydrogen (secondary N) is 1. The van der Waals surface area contributed by atoms with Crippen LogP contribution >= 0.6 is 24.8 Å². The molecular weight excluding hydrogens is 393 g/mol. The van der Waals surface area contributed by atoms with E-state index in [1.54, 1.807) is 0 Å². The minimum absolute atomic E-state index is 0. The number of hydrogen-bond acceptors (Lipinski definition) is 3. The molecule has 0 radical (unpaired) electrons. The van der Waals surface area contributed by atoms with Crippen LogP contribution in [0.4, 0.5) is 0 Å². The lowest BCUT2D eigenvalue weighted by Gasteiger charge is -2.45. The second-order valence-electron chi connectivity index (χ2n) is 8.54. The second kappa shape index (κ2) is 11.4. The topological polar surface area (TPSA) is 58.4 Å². The first-order chi connectivity index (χ1) is 12.5. The van der Waals surface area contributed by atoms with Crippen molar-refractivity contribution in [3.63, 3.8) is 0 Å². The number of carbonyl (C=O) groups excluding carboxylic acids is 1. The standard InChI is InChI=1S/C22H35N3O.2ClH/c1-4-25(15(2)3)14-16-8-10-17(11-9-16)22(26)24-21-18-6-5-7-19(21)13-20(23)12-18;;/h8-11,15,18-21H,4-7,12-14,23H2,1-3H3,(H,24,26);2*1H. The van der Waals surface area contributed by atoms with E-state index in [9.17, 15) is 4.79 Å².